The van der Waals surface area contributed by atoms with Crippen molar-refractivity contribution in [2.24, 2.45) is 5.92 Å². The maximum absolute atomic E-state index is 12.6. The van der Waals surface area contributed by atoms with Gasteiger partial charge in [0.05, 0.1) is 11.5 Å². The van der Waals surface area contributed by atoms with Crippen LogP contribution in [-0.2, 0) is 4.79 Å². The van der Waals surface area contributed by atoms with Gasteiger partial charge in [-0.1, -0.05) is 49.1 Å². The SMILES string of the molecule is Cc1cccc(/C=C2\Oc3cc(OC(=O)C4CCCCC4)ccc3C2=O)c1. The lowest BCUT2D eigenvalue weighted by molar-refractivity contribution is -0.139. The largest absolute Gasteiger partial charge is 0.452 e. The van der Waals surface area contributed by atoms with Crippen molar-refractivity contribution in [2.45, 2.75) is 39.0 Å². The number of ether oxygens (including phenoxy) is 2. The van der Waals surface area contributed by atoms with Crippen molar-refractivity contribution in [3.05, 3.63) is 64.9 Å². The van der Waals surface area contributed by atoms with E-state index in [9.17, 15) is 9.59 Å². The lowest BCUT2D eigenvalue weighted by Gasteiger charge is -2.19. The Kier molecular flexibility index (Phi) is 4.80. The van der Waals surface area contributed by atoms with Gasteiger partial charge >= 0.3 is 5.97 Å². The molecule has 4 nitrogen and oxygen atoms in total. The first kappa shape index (κ1) is 17.5. The zero-order valence-corrected chi connectivity index (χ0v) is 15.4. The lowest BCUT2D eigenvalue weighted by Crippen LogP contribution is -2.22. The van der Waals surface area contributed by atoms with Gasteiger partial charge in [0.25, 0.3) is 0 Å². The summed E-state index contributed by atoms with van der Waals surface area (Å²) in [6.45, 7) is 2.00. The minimum atomic E-state index is -0.186. The summed E-state index contributed by atoms with van der Waals surface area (Å²) in [5.41, 5.74) is 2.52. The highest BCUT2D eigenvalue weighted by Gasteiger charge is 2.29. The van der Waals surface area contributed by atoms with Gasteiger partial charge in [-0.05, 0) is 43.5 Å². The Hall–Kier alpha value is -2.88. The second-order valence-electron chi connectivity index (χ2n) is 7.27. The summed E-state index contributed by atoms with van der Waals surface area (Å²) < 4.78 is 11.3. The van der Waals surface area contributed by atoms with Crippen molar-refractivity contribution >= 4 is 17.8 Å². The Balaban J connectivity index is 1.51. The predicted molar refractivity (Wildman–Crippen MR) is 103 cm³/mol. The van der Waals surface area contributed by atoms with E-state index in [2.05, 4.69) is 0 Å². The monoisotopic (exact) mass is 362 g/mol. The average molecular weight is 362 g/mol. The van der Waals surface area contributed by atoms with Crippen LogP contribution in [0.3, 0.4) is 0 Å². The van der Waals surface area contributed by atoms with Gasteiger partial charge in [-0.15, -0.1) is 0 Å². The third-order valence-electron chi connectivity index (χ3n) is 5.14. The second-order valence-corrected chi connectivity index (χ2v) is 7.27. The average Bonchev–Trinajstić information content (AvgIpc) is 2.97. The molecule has 0 bridgehead atoms. The number of rotatable bonds is 3. The maximum Gasteiger partial charge on any atom is 0.314 e. The molecule has 4 rings (SSSR count). The first-order valence-corrected chi connectivity index (χ1v) is 9.47. The number of fused-ring (bicyclic) bond motifs is 1. The van der Waals surface area contributed by atoms with E-state index in [1.807, 2.05) is 31.2 Å². The number of carbonyl (C=O) groups is 2. The molecular weight excluding hydrogens is 340 g/mol. The summed E-state index contributed by atoms with van der Waals surface area (Å²) in [4.78, 5) is 24.9. The van der Waals surface area contributed by atoms with Crippen molar-refractivity contribution in [2.75, 3.05) is 0 Å². The normalized spacial score (nSPS) is 18.3. The predicted octanol–water partition coefficient (Wildman–Crippen LogP) is 5.10. The molecule has 2 aromatic carbocycles. The molecule has 0 amide bonds. The molecular formula is C23H22O4. The molecule has 1 fully saturated rings. The molecule has 1 saturated carbocycles. The zero-order chi connectivity index (χ0) is 18.8. The van der Waals surface area contributed by atoms with E-state index >= 15 is 0 Å². The van der Waals surface area contributed by atoms with Crippen LogP contribution < -0.4 is 9.47 Å². The zero-order valence-electron chi connectivity index (χ0n) is 15.4. The maximum atomic E-state index is 12.6. The Morgan fingerprint density at radius 3 is 2.70 bits per heavy atom. The van der Waals surface area contributed by atoms with Crippen molar-refractivity contribution in [1.82, 2.24) is 0 Å². The molecule has 0 spiro atoms. The fraction of sp³-hybridized carbons (Fsp3) is 0.304. The van der Waals surface area contributed by atoms with Crippen LogP contribution in [0.5, 0.6) is 11.5 Å². The van der Waals surface area contributed by atoms with Crippen LogP contribution in [0.1, 0.15) is 53.6 Å². The van der Waals surface area contributed by atoms with Gasteiger partial charge in [0.15, 0.2) is 5.76 Å². The van der Waals surface area contributed by atoms with E-state index < -0.39 is 0 Å². The quantitative estimate of drug-likeness (QED) is 0.433. The van der Waals surface area contributed by atoms with E-state index in [0.717, 1.165) is 36.8 Å². The molecule has 0 N–H and O–H groups in total. The topological polar surface area (TPSA) is 52.6 Å². The third-order valence-corrected chi connectivity index (χ3v) is 5.14. The van der Waals surface area contributed by atoms with Gasteiger partial charge in [0.1, 0.15) is 11.5 Å². The molecule has 0 aromatic heterocycles. The molecule has 2 aromatic rings. The fourth-order valence-electron chi connectivity index (χ4n) is 3.68. The lowest BCUT2D eigenvalue weighted by atomic mass is 9.89. The molecule has 1 heterocycles. The molecule has 1 aliphatic carbocycles. The molecule has 27 heavy (non-hydrogen) atoms. The van der Waals surface area contributed by atoms with Gasteiger partial charge in [-0.2, -0.15) is 0 Å². The first-order chi connectivity index (χ1) is 13.1. The number of esters is 1. The summed E-state index contributed by atoms with van der Waals surface area (Å²) in [6, 6.07) is 12.8. The fourth-order valence-corrected chi connectivity index (χ4v) is 3.68. The Bertz CT molecular complexity index is 920. The smallest absolute Gasteiger partial charge is 0.314 e. The minimum absolute atomic E-state index is 0.0219. The van der Waals surface area contributed by atoms with E-state index in [1.165, 1.54) is 6.42 Å². The summed E-state index contributed by atoms with van der Waals surface area (Å²) in [5.74, 6) is 0.783. The van der Waals surface area contributed by atoms with E-state index in [1.54, 1.807) is 24.3 Å². The Morgan fingerprint density at radius 2 is 1.93 bits per heavy atom. The van der Waals surface area contributed by atoms with Crippen molar-refractivity contribution in [1.29, 1.82) is 0 Å². The number of hydrogen-bond acceptors (Lipinski definition) is 4. The molecule has 0 unspecified atom stereocenters. The highest BCUT2D eigenvalue weighted by atomic mass is 16.5. The number of carbonyl (C=O) groups excluding carboxylic acids is 2. The minimum Gasteiger partial charge on any atom is -0.452 e. The number of Topliss-reactive ketones (excluding diaryl/α,β-unsaturated/α-hetero) is 1. The Labute approximate surface area is 158 Å². The van der Waals surface area contributed by atoms with Gasteiger partial charge in [0, 0.05) is 6.07 Å². The summed E-state index contributed by atoms with van der Waals surface area (Å²) in [5, 5.41) is 0. The third kappa shape index (κ3) is 3.80. The van der Waals surface area contributed by atoms with Crippen molar-refractivity contribution < 1.29 is 19.1 Å². The van der Waals surface area contributed by atoms with Crippen LogP contribution >= 0.6 is 0 Å². The van der Waals surface area contributed by atoms with Crippen LogP contribution in [-0.4, -0.2) is 11.8 Å². The summed E-state index contributed by atoms with van der Waals surface area (Å²) >= 11 is 0. The first-order valence-electron chi connectivity index (χ1n) is 9.47. The summed E-state index contributed by atoms with van der Waals surface area (Å²) in [7, 11) is 0. The van der Waals surface area contributed by atoms with Crippen molar-refractivity contribution in [3.63, 3.8) is 0 Å². The number of ketones is 1. The highest BCUT2D eigenvalue weighted by molar-refractivity contribution is 6.14. The van der Waals surface area contributed by atoms with E-state index in [-0.39, 0.29) is 23.4 Å². The van der Waals surface area contributed by atoms with Gasteiger partial charge in [-0.3, -0.25) is 9.59 Å². The van der Waals surface area contributed by atoms with Crippen LogP contribution in [0.4, 0.5) is 0 Å². The second kappa shape index (κ2) is 7.39. The number of aryl methyl sites for hydroxylation is 1. The number of benzene rings is 2. The molecule has 0 atom stereocenters. The molecule has 138 valence electrons. The number of hydrogen-bond donors (Lipinski definition) is 0. The molecule has 2 aliphatic rings. The van der Waals surface area contributed by atoms with Crippen LogP contribution in [0.2, 0.25) is 0 Å². The van der Waals surface area contributed by atoms with Gasteiger partial charge < -0.3 is 9.47 Å². The van der Waals surface area contributed by atoms with Crippen LogP contribution in [0, 0.1) is 12.8 Å². The van der Waals surface area contributed by atoms with Crippen molar-refractivity contribution in [3.8, 4) is 11.5 Å². The standard InChI is InChI=1S/C23H22O4/c1-15-6-5-7-16(12-15)13-21-22(24)19-11-10-18(14-20(19)27-21)26-23(25)17-8-3-2-4-9-17/h5-7,10-14,17H,2-4,8-9H2,1H3/b21-13-. The highest BCUT2D eigenvalue weighted by Crippen LogP contribution is 2.35. The Morgan fingerprint density at radius 1 is 1.11 bits per heavy atom. The molecule has 0 radical (unpaired) electrons. The van der Waals surface area contributed by atoms with E-state index in [4.69, 9.17) is 9.47 Å². The molecule has 0 saturated heterocycles. The van der Waals surface area contributed by atoms with E-state index in [0.29, 0.717) is 17.1 Å². The van der Waals surface area contributed by atoms with Crippen LogP contribution in [0.15, 0.2) is 48.2 Å². The number of allylic oxidation sites excluding steroid dienone is 1. The van der Waals surface area contributed by atoms with Gasteiger partial charge in [-0.25, -0.2) is 0 Å². The summed E-state index contributed by atoms with van der Waals surface area (Å²) in [6.07, 6.45) is 6.87. The van der Waals surface area contributed by atoms with Crippen LogP contribution in [0.25, 0.3) is 6.08 Å². The molecule has 1 aliphatic heterocycles. The van der Waals surface area contributed by atoms with Gasteiger partial charge in [0.2, 0.25) is 5.78 Å². The molecule has 4 heteroatoms.